The molecule has 5 nitrogen and oxygen atoms in total. The summed E-state index contributed by atoms with van der Waals surface area (Å²) >= 11 is 33.4. The molecule has 0 aliphatic heterocycles. The molecule has 0 aromatic carbocycles. The van der Waals surface area contributed by atoms with Crippen molar-refractivity contribution < 1.29 is 4.79 Å². The third-order valence-corrected chi connectivity index (χ3v) is 2.29. The van der Waals surface area contributed by atoms with Gasteiger partial charge in [0.05, 0.1) is 0 Å². The molecule has 0 atom stereocenters. The Labute approximate surface area is 125 Å². The Morgan fingerprint density at radius 2 is 1.29 bits per heavy atom. The minimum Gasteiger partial charge on any atom is -0.211 e. The Morgan fingerprint density at radius 1 is 0.882 bits per heavy atom. The van der Waals surface area contributed by atoms with Crippen LogP contribution in [0.15, 0.2) is 4.99 Å². The molecule has 0 saturated heterocycles. The molecule has 1 heterocycles. The molecule has 0 unspecified atom stereocenters. The molecular weight excluding hydrogens is 357 g/mol. The van der Waals surface area contributed by atoms with Gasteiger partial charge in [0, 0.05) is 0 Å². The van der Waals surface area contributed by atoms with Crippen molar-refractivity contribution in [2.24, 2.45) is 4.99 Å². The maximum Gasteiger partial charge on any atom is 0.264 e. The van der Waals surface area contributed by atoms with Crippen LogP contribution in [0.1, 0.15) is 11.6 Å². The first-order valence-corrected chi connectivity index (χ1v) is 5.89. The number of carbonyl (C=O) groups excluding carboxylic acids is 1. The Bertz CT molecular complexity index is 442. The van der Waals surface area contributed by atoms with Crippen LogP contribution in [0.25, 0.3) is 0 Å². The second-order valence-electron chi connectivity index (χ2n) is 2.48. The zero-order chi connectivity index (χ0) is 13.3. The minimum atomic E-state index is -1.97. The van der Waals surface area contributed by atoms with Gasteiger partial charge in [-0.15, -0.1) is 4.99 Å². The van der Waals surface area contributed by atoms with Crippen molar-refractivity contribution in [2.75, 3.05) is 0 Å². The van der Waals surface area contributed by atoms with E-state index < -0.39 is 7.59 Å². The molecule has 0 amide bonds. The normalized spacial score (nSPS) is 12.1. The van der Waals surface area contributed by atoms with Crippen molar-refractivity contribution >= 4 is 81.6 Å². The lowest BCUT2D eigenvalue weighted by molar-refractivity contribution is 0.565. The van der Waals surface area contributed by atoms with Crippen LogP contribution < -0.4 is 0 Å². The molecule has 0 radical (unpaired) electrons. The second kappa shape index (κ2) is 5.41. The summed E-state index contributed by atoms with van der Waals surface area (Å²) in [6.45, 7) is 0. The molecule has 1 aromatic rings. The van der Waals surface area contributed by atoms with E-state index in [2.05, 4.69) is 19.9 Å². The fourth-order valence-electron chi connectivity index (χ4n) is 0.709. The van der Waals surface area contributed by atoms with Crippen LogP contribution in [0, 0.1) is 0 Å². The van der Waals surface area contributed by atoms with E-state index in [1.807, 2.05) is 0 Å². The van der Waals surface area contributed by atoms with E-state index >= 15 is 0 Å². The van der Waals surface area contributed by atoms with Crippen LogP contribution in [0.5, 0.6) is 0 Å². The molecule has 17 heavy (non-hydrogen) atoms. The predicted octanol–water partition coefficient (Wildman–Crippen LogP) is 3.49. The molecule has 0 aliphatic rings. The average Bonchev–Trinajstić information content (AvgIpc) is 2.15. The first-order chi connectivity index (χ1) is 7.64. The highest BCUT2D eigenvalue weighted by molar-refractivity contribution is 6.67. The predicted molar refractivity (Wildman–Crippen MR) is 66.1 cm³/mol. The Morgan fingerprint density at radius 3 is 1.59 bits per heavy atom. The highest BCUT2D eigenvalue weighted by atomic mass is 35.6. The minimum absolute atomic E-state index is 0.326. The summed E-state index contributed by atoms with van der Waals surface area (Å²) in [6.07, 6.45) is 1.21. The van der Waals surface area contributed by atoms with Crippen molar-refractivity contribution in [2.45, 2.75) is 7.59 Å². The van der Waals surface area contributed by atoms with Crippen LogP contribution in [-0.4, -0.2) is 21.0 Å². The number of hydrogen-bond acceptors (Lipinski definition) is 5. The summed E-state index contributed by atoms with van der Waals surface area (Å²) in [5, 5.41) is 0. The van der Waals surface area contributed by atoms with Gasteiger partial charge in [-0.05, 0) is 0 Å². The molecule has 0 N–H and O–H groups in total. The largest absolute Gasteiger partial charge is 0.264 e. The van der Waals surface area contributed by atoms with Crippen molar-refractivity contribution in [3.63, 3.8) is 0 Å². The van der Waals surface area contributed by atoms with Gasteiger partial charge in [-0.25, -0.2) is 9.78 Å². The Kier molecular flexibility index (Phi) is 4.83. The van der Waals surface area contributed by atoms with Crippen LogP contribution in [-0.2, 0) is 12.4 Å². The summed E-state index contributed by atoms with van der Waals surface area (Å²) in [5.74, 6) is -1.03. The van der Waals surface area contributed by atoms with Gasteiger partial charge in [-0.1, -0.05) is 69.6 Å². The molecule has 0 fully saturated rings. The van der Waals surface area contributed by atoms with E-state index in [0.717, 1.165) is 0 Å². The molecular formula is C6Cl6N4O. The number of halogens is 6. The fourth-order valence-corrected chi connectivity index (χ4v) is 1.22. The average molecular weight is 357 g/mol. The number of aromatic nitrogens is 3. The third kappa shape index (κ3) is 4.38. The number of nitrogens with zero attached hydrogens (tertiary/aromatic N) is 4. The van der Waals surface area contributed by atoms with Crippen molar-refractivity contribution in [1.29, 1.82) is 0 Å². The topological polar surface area (TPSA) is 68.1 Å². The molecule has 0 bridgehead atoms. The lowest BCUT2D eigenvalue weighted by Crippen LogP contribution is -2.15. The number of aliphatic imine (C=N–C) groups is 1. The van der Waals surface area contributed by atoms with Crippen LogP contribution >= 0.6 is 69.6 Å². The van der Waals surface area contributed by atoms with Crippen molar-refractivity contribution in [1.82, 2.24) is 15.0 Å². The first kappa shape index (κ1) is 15.2. The molecule has 0 spiro atoms. The van der Waals surface area contributed by atoms with E-state index in [1.165, 1.54) is 6.08 Å². The number of rotatable bonds is 1. The van der Waals surface area contributed by atoms with E-state index in [9.17, 15) is 4.79 Å². The maximum absolute atomic E-state index is 10.1. The Hall–Kier alpha value is 0.130. The molecule has 1 rings (SSSR count). The van der Waals surface area contributed by atoms with E-state index in [-0.39, 0.29) is 17.6 Å². The highest BCUT2D eigenvalue weighted by Gasteiger charge is 2.33. The summed E-state index contributed by atoms with van der Waals surface area (Å²) < 4.78 is -3.94. The zero-order valence-electron chi connectivity index (χ0n) is 7.46. The fraction of sp³-hybridized carbons (Fsp3) is 0.333. The summed E-state index contributed by atoms with van der Waals surface area (Å²) in [7, 11) is 0. The van der Waals surface area contributed by atoms with E-state index in [0.29, 0.717) is 0 Å². The van der Waals surface area contributed by atoms with Gasteiger partial charge in [0.15, 0.2) is 11.6 Å². The standard InChI is InChI=1S/C6Cl6N4O/c7-5(8,9)2-14-3(6(10,11)12)16-4(15-2)13-1-17. The summed E-state index contributed by atoms with van der Waals surface area (Å²) in [5.41, 5.74) is 0. The smallest absolute Gasteiger partial charge is 0.211 e. The van der Waals surface area contributed by atoms with Gasteiger partial charge in [-0.2, -0.15) is 9.97 Å². The monoisotopic (exact) mass is 354 g/mol. The molecule has 92 valence electrons. The molecule has 0 aliphatic carbocycles. The number of alkyl halides is 6. The summed E-state index contributed by atoms with van der Waals surface area (Å²) in [4.78, 5) is 24.1. The van der Waals surface area contributed by atoms with Crippen LogP contribution in [0.2, 0.25) is 0 Å². The van der Waals surface area contributed by atoms with Crippen molar-refractivity contribution in [3.8, 4) is 0 Å². The molecule has 0 saturated carbocycles. The lowest BCUT2D eigenvalue weighted by atomic mass is 10.6. The van der Waals surface area contributed by atoms with Gasteiger partial charge in [-0.3, -0.25) is 0 Å². The molecule has 11 heteroatoms. The van der Waals surface area contributed by atoms with Gasteiger partial charge < -0.3 is 0 Å². The van der Waals surface area contributed by atoms with E-state index in [1.54, 1.807) is 0 Å². The van der Waals surface area contributed by atoms with Crippen LogP contribution in [0.3, 0.4) is 0 Å². The third-order valence-electron chi connectivity index (χ3n) is 1.28. The van der Waals surface area contributed by atoms with E-state index in [4.69, 9.17) is 69.6 Å². The lowest BCUT2D eigenvalue weighted by Gasteiger charge is -2.13. The maximum atomic E-state index is 10.1. The van der Waals surface area contributed by atoms with Gasteiger partial charge in [0.1, 0.15) is 0 Å². The SMILES string of the molecule is O=C=Nc1nc(C(Cl)(Cl)Cl)nc(C(Cl)(Cl)Cl)n1. The second-order valence-corrected chi connectivity index (χ2v) is 7.04. The molecule has 1 aromatic heterocycles. The van der Waals surface area contributed by atoms with Gasteiger partial charge >= 0.3 is 0 Å². The number of hydrogen-bond donors (Lipinski definition) is 0. The Balaban J connectivity index is 3.44. The first-order valence-electron chi connectivity index (χ1n) is 3.63. The van der Waals surface area contributed by atoms with Crippen molar-refractivity contribution in [3.05, 3.63) is 11.6 Å². The van der Waals surface area contributed by atoms with Crippen LogP contribution in [0.4, 0.5) is 5.95 Å². The van der Waals surface area contributed by atoms with Gasteiger partial charge in [0.2, 0.25) is 13.7 Å². The zero-order valence-corrected chi connectivity index (χ0v) is 12.0. The quantitative estimate of drug-likeness (QED) is 0.439. The highest BCUT2D eigenvalue weighted by Crippen LogP contribution is 2.40. The summed E-state index contributed by atoms with van der Waals surface area (Å²) in [6, 6.07) is 0. The number of isocyanates is 1. The van der Waals surface area contributed by atoms with Gasteiger partial charge in [0.25, 0.3) is 5.95 Å².